The molecule has 0 aliphatic heterocycles. The van der Waals surface area contributed by atoms with Crippen LogP contribution < -0.4 is 10.6 Å². The molecule has 1 aromatic carbocycles. The van der Waals surface area contributed by atoms with E-state index in [-0.39, 0.29) is 5.91 Å². The summed E-state index contributed by atoms with van der Waals surface area (Å²) in [6, 6.07) is 11.6. The fourth-order valence-electron chi connectivity index (χ4n) is 1.80. The zero-order chi connectivity index (χ0) is 13.5. The van der Waals surface area contributed by atoms with Crippen LogP contribution in [0, 0.1) is 0 Å². The van der Waals surface area contributed by atoms with E-state index >= 15 is 0 Å². The van der Waals surface area contributed by atoms with E-state index in [1.807, 2.05) is 37.3 Å². The van der Waals surface area contributed by atoms with Gasteiger partial charge in [-0.05, 0) is 18.6 Å². The van der Waals surface area contributed by atoms with E-state index < -0.39 is 0 Å². The molecule has 1 heterocycles. The summed E-state index contributed by atoms with van der Waals surface area (Å²) in [5.74, 6) is -0.0952. The Kier molecular flexibility index (Phi) is 4.50. The third kappa shape index (κ3) is 3.55. The highest BCUT2D eigenvalue weighted by Gasteiger charge is 2.10. The van der Waals surface area contributed by atoms with Crippen LogP contribution in [0.25, 0.3) is 0 Å². The second-order valence-corrected chi connectivity index (χ2v) is 4.12. The first-order valence-electron chi connectivity index (χ1n) is 6.31. The first kappa shape index (κ1) is 13.1. The van der Waals surface area contributed by atoms with Gasteiger partial charge in [-0.3, -0.25) is 9.78 Å². The smallest absolute Gasteiger partial charge is 0.253 e. The lowest BCUT2D eigenvalue weighted by Gasteiger charge is -2.10. The highest BCUT2D eigenvalue weighted by Crippen LogP contribution is 2.13. The Morgan fingerprint density at radius 3 is 2.74 bits per heavy atom. The van der Waals surface area contributed by atoms with Crippen LogP contribution in [-0.2, 0) is 6.54 Å². The number of nitrogens with one attached hydrogen (secondary N) is 2. The zero-order valence-electron chi connectivity index (χ0n) is 10.9. The molecule has 0 fully saturated rings. The summed E-state index contributed by atoms with van der Waals surface area (Å²) < 4.78 is 0. The van der Waals surface area contributed by atoms with Crippen molar-refractivity contribution >= 4 is 11.6 Å². The second-order valence-electron chi connectivity index (χ2n) is 4.12. The Balaban J connectivity index is 2.04. The van der Waals surface area contributed by atoms with Gasteiger partial charge in [0, 0.05) is 19.3 Å². The number of hydrogen-bond donors (Lipinski definition) is 2. The van der Waals surface area contributed by atoms with Crippen LogP contribution in [0.1, 0.15) is 22.8 Å². The maximum Gasteiger partial charge on any atom is 0.253 e. The SMILES string of the molecule is CCNc1cnccc1C(=O)NCc1ccccc1. The molecule has 0 radical (unpaired) electrons. The number of benzene rings is 1. The topological polar surface area (TPSA) is 54.0 Å². The lowest BCUT2D eigenvalue weighted by Crippen LogP contribution is -2.24. The number of hydrogen-bond acceptors (Lipinski definition) is 3. The molecule has 0 spiro atoms. The van der Waals surface area contributed by atoms with Gasteiger partial charge in [-0.2, -0.15) is 0 Å². The number of pyridine rings is 1. The summed E-state index contributed by atoms with van der Waals surface area (Å²) in [6.45, 7) is 3.26. The summed E-state index contributed by atoms with van der Waals surface area (Å²) in [4.78, 5) is 16.2. The van der Waals surface area contributed by atoms with Crippen LogP contribution in [-0.4, -0.2) is 17.4 Å². The molecular weight excluding hydrogens is 238 g/mol. The molecule has 4 heteroatoms. The fourth-order valence-corrected chi connectivity index (χ4v) is 1.80. The van der Waals surface area contributed by atoms with Gasteiger partial charge in [-0.15, -0.1) is 0 Å². The maximum atomic E-state index is 12.1. The molecule has 19 heavy (non-hydrogen) atoms. The molecule has 98 valence electrons. The Bertz CT molecular complexity index is 540. The van der Waals surface area contributed by atoms with Crippen molar-refractivity contribution in [1.29, 1.82) is 0 Å². The minimum atomic E-state index is -0.0952. The van der Waals surface area contributed by atoms with Crippen molar-refractivity contribution in [1.82, 2.24) is 10.3 Å². The Morgan fingerprint density at radius 1 is 1.21 bits per heavy atom. The van der Waals surface area contributed by atoms with Gasteiger partial charge in [-0.1, -0.05) is 30.3 Å². The van der Waals surface area contributed by atoms with Gasteiger partial charge in [0.2, 0.25) is 0 Å². The van der Waals surface area contributed by atoms with E-state index in [4.69, 9.17) is 0 Å². The molecule has 2 rings (SSSR count). The van der Waals surface area contributed by atoms with Crippen molar-refractivity contribution in [2.45, 2.75) is 13.5 Å². The quantitative estimate of drug-likeness (QED) is 0.862. The van der Waals surface area contributed by atoms with Crippen LogP contribution in [0.2, 0.25) is 0 Å². The highest BCUT2D eigenvalue weighted by molar-refractivity contribution is 5.99. The first-order chi connectivity index (χ1) is 9.31. The van der Waals surface area contributed by atoms with Crippen LogP contribution in [0.15, 0.2) is 48.8 Å². The second kappa shape index (κ2) is 6.54. The van der Waals surface area contributed by atoms with Gasteiger partial charge >= 0.3 is 0 Å². The average molecular weight is 255 g/mol. The third-order valence-corrected chi connectivity index (χ3v) is 2.73. The van der Waals surface area contributed by atoms with Gasteiger partial charge in [0.25, 0.3) is 5.91 Å². The Morgan fingerprint density at radius 2 is 2.00 bits per heavy atom. The maximum absolute atomic E-state index is 12.1. The van der Waals surface area contributed by atoms with Crippen molar-refractivity contribution < 1.29 is 4.79 Å². The normalized spacial score (nSPS) is 9.95. The summed E-state index contributed by atoms with van der Waals surface area (Å²) >= 11 is 0. The molecule has 2 N–H and O–H groups in total. The van der Waals surface area contributed by atoms with Crippen LogP contribution in [0.3, 0.4) is 0 Å². The summed E-state index contributed by atoms with van der Waals surface area (Å²) in [6.07, 6.45) is 3.29. The van der Waals surface area contributed by atoms with E-state index in [9.17, 15) is 4.79 Å². The molecular formula is C15H17N3O. The predicted octanol–water partition coefficient (Wildman–Crippen LogP) is 2.44. The molecule has 4 nitrogen and oxygen atoms in total. The van der Waals surface area contributed by atoms with Gasteiger partial charge in [0.1, 0.15) is 0 Å². The number of carbonyl (C=O) groups excluding carboxylic acids is 1. The zero-order valence-corrected chi connectivity index (χ0v) is 10.9. The number of anilines is 1. The van der Waals surface area contributed by atoms with Crippen molar-refractivity contribution in [3.05, 3.63) is 59.9 Å². The fraction of sp³-hybridized carbons (Fsp3) is 0.200. The molecule has 0 bridgehead atoms. The molecule has 0 saturated heterocycles. The minimum absolute atomic E-state index is 0.0952. The third-order valence-electron chi connectivity index (χ3n) is 2.73. The number of rotatable bonds is 5. The van der Waals surface area contributed by atoms with E-state index in [2.05, 4.69) is 15.6 Å². The van der Waals surface area contributed by atoms with Crippen molar-refractivity contribution in [3.63, 3.8) is 0 Å². The molecule has 1 aromatic heterocycles. The average Bonchev–Trinajstić information content (AvgIpc) is 2.47. The van der Waals surface area contributed by atoms with Crippen molar-refractivity contribution in [2.75, 3.05) is 11.9 Å². The highest BCUT2D eigenvalue weighted by atomic mass is 16.1. The van der Waals surface area contributed by atoms with Crippen molar-refractivity contribution in [2.24, 2.45) is 0 Å². The summed E-state index contributed by atoms with van der Waals surface area (Å²) in [5, 5.41) is 6.04. The molecule has 1 amide bonds. The predicted molar refractivity (Wildman–Crippen MR) is 76.0 cm³/mol. The lowest BCUT2D eigenvalue weighted by molar-refractivity contribution is 0.0951. The number of nitrogens with zero attached hydrogens (tertiary/aromatic N) is 1. The monoisotopic (exact) mass is 255 g/mol. The van der Waals surface area contributed by atoms with Gasteiger partial charge in [0.15, 0.2) is 0 Å². The molecule has 0 saturated carbocycles. The van der Waals surface area contributed by atoms with E-state index in [1.165, 1.54) is 0 Å². The Hall–Kier alpha value is -2.36. The summed E-state index contributed by atoms with van der Waals surface area (Å²) in [5.41, 5.74) is 2.46. The Labute approximate surface area is 112 Å². The standard InChI is InChI=1S/C15H17N3O/c1-2-17-14-11-16-9-8-13(14)15(19)18-10-12-6-4-3-5-7-12/h3-9,11,17H,2,10H2,1H3,(H,18,19). The van der Waals surface area contributed by atoms with Gasteiger partial charge in [-0.25, -0.2) is 0 Å². The molecule has 0 unspecified atom stereocenters. The van der Waals surface area contributed by atoms with Crippen LogP contribution in [0.5, 0.6) is 0 Å². The van der Waals surface area contributed by atoms with E-state index in [0.717, 1.165) is 17.8 Å². The van der Waals surface area contributed by atoms with Crippen LogP contribution in [0.4, 0.5) is 5.69 Å². The van der Waals surface area contributed by atoms with Crippen LogP contribution >= 0.6 is 0 Å². The minimum Gasteiger partial charge on any atom is -0.383 e. The number of amides is 1. The first-order valence-corrected chi connectivity index (χ1v) is 6.31. The molecule has 0 atom stereocenters. The molecule has 0 aliphatic carbocycles. The van der Waals surface area contributed by atoms with E-state index in [1.54, 1.807) is 18.5 Å². The van der Waals surface area contributed by atoms with E-state index in [0.29, 0.717) is 12.1 Å². The largest absolute Gasteiger partial charge is 0.383 e. The number of aromatic nitrogens is 1. The van der Waals surface area contributed by atoms with Crippen molar-refractivity contribution in [3.8, 4) is 0 Å². The summed E-state index contributed by atoms with van der Waals surface area (Å²) in [7, 11) is 0. The van der Waals surface area contributed by atoms with Gasteiger partial charge in [0.05, 0.1) is 17.4 Å². The molecule has 2 aromatic rings. The van der Waals surface area contributed by atoms with Gasteiger partial charge < -0.3 is 10.6 Å². The number of carbonyl (C=O) groups is 1. The lowest BCUT2D eigenvalue weighted by atomic mass is 10.2. The molecule has 0 aliphatic rings.